The molecule has 0 saturated carbocycles. The van der Waals surface area contributed by atoms with Crippen LogP contribution in [0.3, 0.4) is 0 Å². The Balaban J connectivity index is 2.77. The number of nitrogens with zero attached hydrogens (tertiary/aromatic N) is 1. The number of nitrogens with one attached hydrogen (secondary N) is 1. The molecule has 21 heavy (non-hydrogen) atoms. The highest BCUT2D eigenvalue weighted by molar-refractivity contribution is 5.29. The molecule has 0 aromatic carbocycles. The van der Waals surface area contributed by atoms with Crippen molar-refractivity contribution in [2.75, 3.05) is 6.61 Å². The van der Waals surface area contributed by atoms with Crippen molar-refractivity contribution in [3.63, 3.8) is 0 Å². The lowest BCUT2D eigenvalue weighted by molar-refractivity contribution is -0.210. The largest absolute Gasteiger partial charge is 0.489 e. The van der Waals surface area contributed by atoms with E-state index in [2.05, 4.69) is 10.3 Å². The zero-order valence-electron chi connectivity index (χ0n) is 12.6. The number of hydrogen-bond donors (Lipinski definition) is 2. The van der Waals surface area contributed by atoms with Crippen LogP contribution < -0.4 is 10.1 Å². The number of rotatable bonds is 5. The van der Waals surface area contributed by atoms with Gasteiger partial charge in [0, 0.05) is 17.8 Å². The first-order valence-corrected chi connectivity index (χ1v) is 6.58. The van der Waals surface area contributed by atoms with Crippen molar-refractivity contribution in [1.29, 1.82) is 0 Å². The van der Waals surface area contributed by atoms with E-state index in [1.165, 1.54) is 0 Å². The third-order valence-electron chi connectivity index (χ3n) is 2.63. The highest BCUT2D eigenvalue weighted by Crippen LogP contribution is 2.23. The highest BCUT2D eigenvalue weighted by Gasteiger charge is 2.38. The van der Waals surface area contributed by atoms with E-state index in [1.807, 2.05) is 20.8 Å². The third-order valence-corrected chi connectivity index (χ3v) is 2.63. The first-order chi connectivity index (χ1) is 9.49. The zero-order chi connectivity index (χ0) is 16.3. The second-order valence-corrected chi connectivity index (χ2v) is 5.87. The van der Waals surface area contributed by atoms with Gasteiger partial charge in [0.25, 0.3) is 0 Å². The molecule has 0 spiro atoms. The fourth-order valence-electron chi connectivity index (χ4n) is 1.47. The van der Waals surface area contributed by atoms with E-state index in [4.69, 9.17) is 9.84 Å². The number of aliphatic hydroxyl groups excluding tert-OH is 1. The van der Waals surface area contributed by atoms with E-state index in [-0.39, 0.29) is 11.3 Å². The van der Waals surface area contributed by atoms with E-state index in [9.17, 15) is 13.2 Å². The van der Waals surface area contributed by atoms with Gasteiger partial charge < -0.3 is 15.2 Å². The molecule has 0 aliphatic heterocycles. The summed E-state index contributed by atoms with van der Waals surface area (Å²) in [4.78, 5) is 4.27. The summed E-state index contributed by atoms with van der Waals surface area (Å²) >= 11 is 0. The van der Waals surface area contributed by atoms with Crippen LogP contribution in [0.25, 0.3) is 0 Å². The van der Waals surface area contributed by atoms with Gasteiger partial charge in [-0.2, -0.15) is 13.2 Å². The lowest BCUT2D eigenvalue weighted by Gasteiger charge is -2.22. The third kappa shape index (κ3) is 6.31. The average Bonchev–Trinajstić information content (AvgIpc) is 2.32. The zero-order valence-corrected chi connectivity index (χ0v) is 12.6. The molecule has 2 N–H and O–H groups in total. The fourth-order valence-corrected chi connectivity index (χ4v) is 1.47. The minimum absolute atomic E-state index is 0.159. The van der Waals surface area contributed by atoms with Crippen LogP contribution in [-0.2, 0) is 6.54 Å². The summed E-state index contributed by atoms with van der Waals surface area (Å²) in [5.41, 5.74) is 1.09. The first-order valence-electron chi connectivity index (χ1n) is 6.58. The standard InChI is InChI=1S/C14H21F3N2O2/c1-9-5-6-11(21-8-12(20)14(15,16)17)10(19-9)7-18-13(2,3)4/h5-6,12,18,20H,7-8H2,1-4H3. The lowest BCUT2D eigenvalue weighted by atomic mass is 10.1. The van der Waals surface area contributed by atoms with Gasteiger partial charge in [-0.1, -0.05) is 0 Å². The van der Waals surface area contributed by atoms with E-state index >= 15 is 0 Å². The molecule has 0 bridgehead atoms. The van der Waals surface area contributed by atoms with Gasteiger partial charge in [0.1, 0.15) is 12.4 Å². The number of ether oxygens (including phenoxy) is 1. The first kappa shape index (κ1) is 17.7. The summed E-state index contributed by atoms with van der Waals surface area (Å²) in [6.45, 7) is 7.21. The molecule has 4 nitrogen and oxygen atoms in total. The molecule has 0 amide bonds. The number of halogens is 3. The van der Waals surface area contributed by atoms with Crippen molar-refractivity contribution in [2.24, 2.45) is 0 Å². The number of aryl methyl sites for hydroxylation is 1. The van der Waals surface area contributed by atoms with Gasteiger partial charge in [0.2, 0.25) is 0 Å². The fraction of sp³-hybridized carbons (Fsp3) is 0.643. The number of alkyl halides is 3. The number of aromatic nitrogens is 1. The van der Waals surface area contributed by atoms with Crippen LogP contribution in [0.1, 0.15) is 32.2 Å². The smallest absolute Gasteiger partial charge is 0.417 e. The minimum atomic E-state index is -4.69. The van der Waals surface area contributed by atoms with Crippen molar-refractivity contribution in [3.05, 3.63) is 23.5 Å². The molecule has 0 saturated heterocycles. The van der Waals surface area contributed by atoms with Crippen LogP contribution in [0.15, 0.2) is 12.1 Å². The van der Waals surface area contributed by atoms with Crippen LogP contribution in [0, 0.1) is 6.92 Å². The van der Waals surface area contributed by atoms with Gasteiger partial charge in [0.15, 0.2) is 6.10 Å². The van der Waals surface area contributed by atoms with Crippen LogP contribution in [0.2, 0.25) is 0 Å². The normalized spacial score (nSPS) is 14.1. The molecule has 7 heteroatoms. The van der Waals surface area contributed by atoms with Gasteiger partial charge >= 0.3 is 6.18 Å². The number of aliphatic hydroxyl groups is 1. The van der Waals surface area contributed by atoms with Crippen LogP contribution in [0.5, 0.6) is 5.75 Å². The highest BCUT2D eigenvalue weighted by atomic mass is 19.4. The van der Waals surface area contributed by atoms with Crippen LogP contribution >= 0.6 is 0 Å². The molecule has 1 heterocycles. The van der Waals surface area contributed by atoms with Gasteiger partial charge in [-0.05, 0) is 39.8 Å². The average molecular weight is 306 g/mol. The van der Waals surface area contributed by atoms with Gasteiger partial charge in [-0.15, -0.1) is 0 Å². The summed E-state index contributed by atoms with van der Waals surface area (Å²) in [5.74, 6) is 0.237. The molecule has 1 rings (SSSR count). The van der Waals surface area contributed by atoms with Crippen molar-refractivity contribution in [2.45, 2.75) is 52.1 Å². The van der Waals surface area contributed by atoms with Gasteiger partial charge in [0.05, 0.1) is 5.69 Å². The summed E-state index contributed by atoms with van der Waals surface area (Å²) < 4.78 is 41.9. The summed E-state index contributed by atoms with van der Waals surface area (Å²) in [6, 6.07) is 3.21. The summed E-state index contributed by atoms with van der Waals surface area (Å²) in [6.07, 6.45) is -7.20. The quantitative estimate of drug-likeness (QED) is 0.878. The van der Waals surface area contributed by atoms with Gasteiger partial charge in [-0.3, -0.25) is 4.98 Å². The molecule has 120 valence electrons. The number of pyridine rings is 1. The molecule has 1 unspecified atom stereocenters. The maximum Gasteiger partial charge on any atom is 0.417 e. The Labute approximate surface area is 122 Å². The van der Waals surface area contributed by atoms with E-state index in [0.29, 0.717) is 12.2 Å². The Morgan fingerprint density at radius 3 is 2.43 bits per heavy atom. The molecule has 0 aliphatic carbocycles. The minimum Gasteiger partial charge on any atom is -0.489 e. The maximum absolute atomic E-state index is 12.3. The molecule has 1 atom stereocenters. The maximum atomic E-state index is 12.3. The second kappa shape index (κ2) is 6.62. The van der Waals surface area contributed by atoms with E-state index < -0.39 is 18.9 Å². The molecule has 0 fully saturated rings. The van der Waals surface area contributed by atoms with Crippen molar-refractivity contribution in [3.8, 4) is 5.75 Å². The molecule has 0 radical (unpaired) electrons. The topological polar surface area (TPSA) is 54.4 Å². The lowest BCUT2D eigenvalue weighted by Crippen LogP contribution is -2.36. The summed E-state index contributed by atoms with van der Waals surface area (Å²) in [7, 11) is 0. The number of hydrogen-bond acceptors (Lipinski definition) is 4. The van der Waals surface area contributed by atoms with Crippen molar-refractivity contribution < 1.29 is 23.0 Å². The van der Waals surface area contributed by atoms with E-state index in [1.54, 1.807) is 19.1 Å². The van der Waals surface area contributed by atoms with Crippen molar-refractivity contribution in [1.82, 2.24) is 10.3 Å². The SMILES string of the molecule is Cc1ccc(OCC(O)C(F)(F)F)c(CNC(C)(C)C)n1. The molecule has 1 aromatic rings. The predicted octanol–water partition coefficient (Wildman–Crippen LogP) is 2.58. The Kier molecular flexibility index (Phi) is 5.58. The van der Waals surface area contributed by atoms with Gasteiger partial charge in [-0.25, -0.2) is 0 Å². The molecular formula is C14H21F3N2O2. The second-order valence-electron chi connectivity index (χ2n) is 5.87. The molecule has 1 aromatic heterocycles. The Morgan fingerprint density at radius 1 is 1.29 bits per heavy atom. The monoisotopic (exact) mass is 306 g/mol. The summed E-state index contributed by atoms with van der Waals surface area (Å²) in [5, 5.41) is 12.2. The Bertz CT molecular complexity index is 470. The van der Waals surface area contributed by atoms with Crippen LogP contribution in [0.4, 0.5) is 13.2 Å². The van der Waals surface area contributed by atoms with Crippen molar-refractivity contribution >= 4 is 0 Å². The Morgan fingerprint density at radius 2 is 1.90 bits per heavy atom. The van der Waals surface area contributed by atoms with Crippen LogP contribution in [-0.4, -0.2) is 34.5 Å². The predicted molar refractivity (Wildman–Crippen MR) is 73.1 cm³/mol. The molecular weight excluding hydrogens is 285 g/mol. The molecule has 0 aliphatic rings. The van der Waals surface area contributed by atoms with E-state index in [0.717, 1.165) is 5.69 Å². The Hall–Kier alpha value is -1.34.